The van der Waals surface area contributed by atoms with Crippen molar-refractivity contribution in [2.24, 2.45) is 5.41 Å². The summed E-state index contributed by atoms with van der Waals surface area (Å²) in [5, 5.41) is 34.0. The van der Waals surface area contributed by atoms with Gasteiger partial charge in [-0.1, -0.05) is 115 Å². The Morgan fingerprint density at radius 3 is 2.32 bits per heavy atom. The van der Waals surface area contributed by atoms with Crippen LogP contribution in [0.1, 0.15) is 154 Å². The summed E-state index contributed by atoms with van der Waals surface area (Å²) in [4.78, 5) is 39.3. The molecule has 3 N–H and O–H groups in total. The van der Waals surface area contributed by atoms with Crippen LogP contribution in [0, 0.1) is 5.41 Å². The predicted molar refractivity (Wildman–Crippen MR) is 234 cm³/mol. The van der Waals surface area contributed by atoms with E-state index in [4.69, 9.17) is 33.2 Å². The molecule has 2 saturated heterocycles. The Bertz CT molecular complexity index is 1600. The molecule has 3 aliphatic rings. The number of esters is 3. The zero-order chi connectivity index (χ0) is 45.0. The van der Waals surface area contributed by atoms with Crippen molar-refractivity contribution in [1.82, 2.24) is 0 Å². The Kier molecular flexibility index (Phi) is 21.8. The van der Waals surface area contributed by atoms with Crippen molar-refractivity contribution in [3.8, 4) is 0 Å². The highest BCUT2D eigenvalue weighted by atomic mass is 16.7. The monoisotopic (exact) mass is 871 g/mol. The van der Waals surface area contributed by atoms with Crippen LogP contribution in [0.5, 0.6) is 0 Å². The van der Waals surface area contributed by atoms with Crippen LogP contribution in [0.4, 0.5) is 0 Å². The van der Waals surface area contributed by atoms with Crippen LogP contribution in [-0.2, 0) is 47.5 Å². The van der Waals surface area contributed by atoms with E-state index in [1.807, 2.05) is 12.1 Å². The van der Waals surface area contributed by atoms with E-state index in [0.29, 0.717) is 25.9 Å². The number of aliphatic hydroxyl groups excluding tert-OH is 2. The van der Waals surface area contributed by atoms with Crippen LogP contribution in [0.3, 0.4) is 0 Å². The number of benzene rings is 1. The first-order valence-electron chi connectivity index (χ1n) is 23.0. The standard InChI is InChI=1S/C49H74O13/c1-6-8-10-12-14-15-17-35-19-21-36(22-20-35)42-33-39-25-28-58-46(60-39)23-26-48(3,4)49(55)47(61-43(52)18-16-13-11-9-7-2)37(30-44(53)56-5)29-40(62-49)32-41(34-50)59-45(54)31-38(51)24-27-57-42/h15,17,19-23,26,30,38-42,46-47,50-51,55H,6-14,16,18,24-25,27-29,31-34H2,1-5H3/t38-,39+,40+,41-,42+,46+,47+,49-/m1/s1. The van der Waals surface area contributed by atoms with E-state index >= 15 is 0 Å². The van der Waals surface area contributed by atoms with Crippen molar-refractivity contribution in [2.45, 2.75) is 186 Å². The smallest absolute Gasteiger partial charge is 0.330 e. The van der Waals surface area contributed by atoms with E-state index in [1.54, 1.807) is 26.0 Å². The van der Waals surface area contributed by atoms with Gasteiger partial charge in [0, 0.05) is 37.4 Å². The topological polar surface area (TPSA) is 177 Å². The summed E-state index contributed by atoms with van der Waals surface area (Å²) < 4.78 is 42.0. The molecule has 4 rings (SSSR count). The van der Waals surface area contributed by atoms with Crippen LogP contribution in [0.15, 0.2) is 54.1 Å². The van der Waals surface area contributed by atoms with Crippen LogP contribution in [-0.4, -0.2) is 103 Å². The molecular formula is C49H74O13. The van der Waals surface area contributed by atoms with Crippen molar-refractivity contribution in [1.29, 1.82) is 0 Å². The number of unbranched alkanes of at least 4 members (excludes halogenated alkanes) is 8. The molecule has 0 radical (unpaired) electrons. The van der Waals surface area contributed by atoms with Crippen LogP contribution < -0.4 is 0 Å². The third-order valence-electron chi connectivity index (χ3n) is 11.9. The number of rotatable bonds is 16. The lowest BCUT2D eigenvalue weighted by Crippen LogP contribution is -2.62. The normalized spacial score (nSPS) is 29.5. The molecule has 1 aromatic rings. The number of carbonyl (C=O) groups is 3. The fraction of sp³-hybridized carbons (Fsp3) is 0.694. The quantitative estimate of drug-likeness (QED) is 0.0478. The first-order chi connectivity index (χ1) is 29.8. The number of allylic oxidation sites excluding steroid dienone is 1. The summed E-state index contributed by atoms with van der Waals surface area (Å²) in [6.07, 6.45) is 14.2. The van der Waals surface area contributed by atoms with Gasteiger partial charge in [0.25, 0.3) is 0 Å². The molecule has 2 fully saturated rings. The molecule has 3 heterocycles. The summed E-state index contributed by atoms with van der Waals surface area (Å²) in [6, 6.07) is 8.20. The minimum Gasteiger partial charge on any atom is -0.466 e. The summed E-state index contributed by atoms with van der Waals surface area (Å²) in [7, 11) is 1.22. The van der Waals surface area contributed by atoms with Gasteiger partial charge in [0.2, 0.25) is 5.79 Å². The zero-order valence-corrected chi connectivity index (χ0v) is 37.8. The molecule has 0 spiro atoms. The molecule has 4 bridgehead atoms. The third-order valence-corrected chi connectivity index (χ3v) is 11.9. The molecule has 0 aliphatic carbocycles. The Balaban J connectivity index is 1.65. The molecule has 0 unspecified atom stereocenters. The lowest BCUT2D eigenvalue weighted by atomic mass is 9.74. The van der Waals surface area contributed by atoms with Gasteiger partial charge in [-0.15, -0.1) is 0 Å². The molecule has 0 amide bonds. The first kappa shape index (κ1) is 51.2. The molecule has 3 aliphatic heterocycles. The zero-order valence-electron chi connectivity index (χ0n) is 37.8. The van der Waals surface area contributed by atoms with Gasteiger partial charge in [0.15, 0.2) is 12.4 Å². The maximum Gasteiger partial charge on any atom is 0.330 e. The van der Waals surface area contributed by atoms with Crippen molar-refractivity contribution in [2.75, 3.05) is 26.9 Å². The van der Waals surface area contributed by atoms with Crippen molar-refractivity contribution in [3.05, 3.63) is 65.3 Å². The molecule has 13 nitrogen and oxygen atoms in total. The number of aliphatic hydroxyl groups is 3. The van der Waals surface area contributed by atoms with Crippen molar-refractivity contribution < 1.29 is 62.9 Å². The fourth-order valence-corrected chi connectivity index (χ4v) is 8.09. The maximum absolute atomic E-state index is 13.4. The minimum absolute atomic E-state index is 0.0179. The van der Waals surface area contributed by atoms with Crippen LogP contribution >= 0.6 is 0 Å². The molecule has 13 heteroatoms. The second-order valence-corrected chi connectivity index (χ2v) is 17.5. The Morgan fingerprint density at radius 1 is 0.903 bits per heavy atom. The van der Waals surface area contributed by atoms with Gasteiger partial charge in [-0.3, -0.25) is 9.59 Å². The number of hydrogen-bond donors (Lipinski definition) is 3. The number of cyclic esters (lactones) is 1. The van der Waals surface area contributed by atoms with Crippen molar-refractivity contribution in [3.63, 3.8) is 0 Å². The summed E-state index contributed by atoms with van der Waals surface area (Å²) >= 11 is 0. The second kappa shape index (κ2) is 26.4. The average Bonchev–Trinajstić information content (AvgIpc) is 3.24. The molecular weight excluding hydrogens is 797 g/mol. The summed E-state index contributed by atoms with van der Waals surface area (Å²) in [5.41, 5.74) is 0.933. The van der Waals surface area contributed by atoms with Gasteiger partial charge in [-0.2, -0.15) is 0 Å². The number of methoxy groups -OCH3 is 1. The van der Waals surface area contributed by atoms with Gasteiger partial charge in [-0.05, 0) is 61.3 Å². The highest BCUT2D eigenvalue weighted by Gasteiger charge is 2.57. The molecule has 8 atom stereocenters. The van der Waals surface area contributed by atoms with E-state index in [9.17, 15) is 29.7 Å². The highest BCUT2D eigenvalue weighted by Crippen LogP contribution is 2.47. The van der Waals surface area contributed by atoms with E-state index in [0.717, 1.165) is 43.2 Å². The molecule has 0 aromatic heterocycles. The van der Waals surface area contributed by atoms with Gasteiger partial charge < -0.3 is 48.5 Å². The van der Waals surface area contributed by atoms with E-state index in [-0.39, 0.29) is 50.4 Å². The van der Waals surface area contributed by atoms with Crippen LogP contribution in [0.25, 0.3) is 6.08 Å². The van der Waals surface area contributed by atoms with E-state index in [2.05, 4.69) is 38.1 Å². The number of ether oxygens (including phenoxy) is 7. The predicted octanol–water partition coefficient (Wildman–Crippen LogP) is 8.13. The Labute approximate surface area is 369 Å². The molecule has 348 valence electrons. The summed E-state index contributed by atoms with van der Waals surface area (Å²) in [5.74, 6) is -4.30. The average molecular weight is 871 g/mol. The lowest BCUT2D eigenvalue weighted by Gasteiger charge is -2.51. The highest BCUT2D eigenvalue weighted by molar-refractivity contribution is 5.83. The number of carbonyl (C=O) groups excluding carboxylic acids is 3. The Morgan fingerprint density at radius 2 is 1.61 bits per heavy atom. The van der Waals surface area contributed by atoms with Gasteiger partial charge >= 0.3 is 17.9 Å². The molecule has 1 aromatic carbocycles. The molecule has 62 heavy (non-hydrogen) atoms. The van der Waals surface area contributed by atoms with Crippen LogP contribution in [0.2, 0.25) is 0 Å². The van der Waals surface area contributed by atoms with E-state index < -0.39 is 72.5 Å². The first-order valence-corrected chi connectivity index (χ1v) is 23.0. The molecule has 0 saturated carbocycles. The van der Waals surface area contributed by atoms with Crippen molar-refractivity contribution >= 4 is 24.0 Å². The number of hydrogen-bond acceptors (Lipinski definition) is 13. The number of fused-ring (bicyclic) bond motifs is 4. The largest absolute Gasteiger partial charge is 0.466 e. The van der Waals surface area contributed by atoms with Gasteiger partial charge in [0.05, 0.1) is 51.2 Å². The third kappa shape index (κ3) is 16.3. The van der Waals surface area contributed by atoms with Gasteiger partial charge in [-0.25, -0.2) is 4.79 Å². The lowest BCUT2D eigenvalue weighted by molar-refractivity contribution is -0.327. The fourth-order valence-electron chi connectivity index (χ4n) is 8.09. The minimum atomic E-state index is -2.28. The SMILES string of the molecule is CCCCCCC=Cc1ccc([C@@H]2C[C@@H]3CCO[C@H](C=CC(C)(C)[C@]4(O)O[C@@H](CC(=CC(=O)OC)[C@@H]4OC(=O)CCCCCCC)C[C@H](CO)OC(=O)C[C@H](O)CCO2)O3)cc1. The Hall–Kier alpha value is -3.43. The summed E-state index contributed by atoms with van der Waals surface area (Å²) in [6.45, 7) is 7.71. The second-order valence-electron chi connectivity index (χ2n) is 17.5. The maximum atomic E-state index is 13.4. The van der Waals surface area contributed by atoms with E-state index in [1.165, 1.54) is 38.9 Å². The van der Waals surface area contributed by atoms with Gasteiger partial charge in [0.1, 0.15) is 6.10 Å².